The van der Waals surface area contributed by atoms with E-state index in [4.69, 9.17) is 23.2 Å². The predicted octanol–water partition coefficient (Wildman–Crippen LogP) is 4.59. The van der Waals surface area contributed by atoms with Gasteiger partial charge in [0.1, 0.15) is 11.6 Å². The minimum Gasteiger partial charge on any atom is -0.372 e. The maximum atomic E-state index is 6.33. The summed E-state index contributed by atoms with van der Waals surface area (Å²) in [6.07, 6.45) is 8.16. The average molecular weight is 314 g/mol. The molecule has 1 saturated carbocycles. The highest BCUT2D eigenvalue weighted by Crippen LogP contribution is 2.47. The average Bonchev–Trinajstić information content (AvgIpc) is 2.89. The summed E-state index contributed by atoms with van der Waals surface area (Å²) in [5.41, 5.74) is 0.612. The van der Waals surface area contributed by atoms with Crippen LogP contribution in [-0.2, 0) is 0 Å². The van der Waals surface area contributed by atoms with E-state index in [1.807, 2.05) is 7.05 Å². The van der Waals surface area contributed by atoms with Crippen molar-refractivity contribution in [3.8, 4) is 0 Å². The molecule has 0 aromatic carbocycles. The summed E-state index contributed by atoms with van der Waals surface area (Å²) in [6.45, 7) is 2.11. The summed E-state index contributed by atoms with van der Waals surface area (Å²) in [5, 5.41) is 4.25. The van der Waals surface area contributed by atoms with E-state index in [2.05, 4.69) is 15.2 Å². The van der Waals surface area contributed by atoms with E-state index in [0.717, 1.165) is 18.9 Å². The van der Waals surface area contributed by atoms with Gasteiger partial charge in [-0.25, -0.2) is 4.98 Å². The van der Waals surface area contributed by atoms with Crippen molar-refractivity contribution >= 4 is 34.8 Å². The molecule has 0 atom stereocenters. The number of hydrogen-bond donors (Lipinski definition) is 1. The second-order valence-corrected chi connectivity index (χ2v) is 6.88. The Balaban J connectivity index is 1.77. The number of hydrogen-bond acceptors (Lipinski definition) is 3. The summed E-state index contributed by atoms with van der Waals surface area (Å²) in [6, 6.07) is 1.79. The maximum Gasteiger partial charge on any atom is 0.149 e. The minimum atomic E-state index is 0.575. The standard InChI is InChI=1S/C15H21Cl2N3/c1-18-13-11(16)10-12(17)14(19-13)20-8-6-15(7-9-20)4-2-3-5-15/h10H,2-9H2,1H3,(H,18,19). The molecular weight excluding hydrogens is 293 g/mol. The Morgan fingerprint density at radius 3 is 2.35 bits per heavy atom. The van der Waals surface area contributed by atoms with Gasteiger partial charge in [0.25, 0.3) is 0 Å². The van der Waals surface area contributed by atoms with Crippen LogP contribution in [0.2, 0.25) is 10.0 Å². The summed E-state index contributed by atoms with van der Waals surface area (Å²) in [5.74, 6) is 1.57. The van der Waals surface area contributed by atoms with Crippen LogP contribution in [0, 0.1) is 5.41 Å². The first-order chi connectivity index (χ1) is 9.63. The lowest BCUT2D eigenvalue weighted by molar-refractivity contribution is 0.226. The van der Waals surface area contributed by atoms with Gasteiger partial charge < -0.3 is 10.2 Å². The molecule has 1 aromatic heterocycles. The van der Waals surface area contributed by atoms with Crippen LogP contribution in [0.15, 0.2) is 6.07 Å². The number of rotatable bonds is 2. The zero-order valence-corrected chi connectivity index (χ0v) is 13.4. The number of anilines is 2. The van der Waals surface area contributed by atoms with Crippen LogP contribution in [0.5, 0.6) is 0 Å². The number of aromatic nitrogens is 1. The van der Waals surface area contributed by atoms with Gasteiger partial charge in [-0.2, -0.15) is 0 Å². The molecule has 110 valence electrons. The Labute approximate surface area is 130 Å². The molecule has 0 amide bonds. The fourth-order valence-electron chi connectivity index (χ4n) is 3.67. The number of nitrogens with one attached hydrogen (secondary N) is 1. The monoisotopic (exact) mass is 313 g/mol. The summed E-state index contributed by atoms with van der Waals surface area (Å²) < 4.78 is 0. The maximum absolute atomic E-state index is 6.33. The van der Waals surface area contributed by atoms with E-state index in [0.29, 0.717) is 21.3 Å². The lowest BCUT2D eigenvalue weighted by atomic mass is 9.77. The Morgan fingerprint density at radius 2 is 1.75 bits per heavy atom. The SMILES string of the molecule is CNc1nc(N2CCC3(CCCC3)CC2)c(Cl)cc1Cl. The molecule has 1 aliphatic carbocycles. The highest BCUT2D eigenvalue weighted by Gasteiger charge is 2.37. The number of halogens is 2. The Bertz CT molecular complexity index is 488. The molecule has 2 aliphatic rings. The Morgan fingerprint density at radius 1 is 1.10 bits per heavy atom. The molecule has 1 N–H and O–H groups in total. The molecule has 0 bridgehead atoms. The summed E-state index contributed by atoms with van der Waals surface area (Å²) in [7, 11) is 1.83. The van der Waals surface area contributed by atoms with E-state index in [1.54, 1.807) is 6.07 Å². The number of piperidine rings is 1. The van der Waals surface area contributed by atoms with E-state index in [1.165, 1.54) is 38.5 Å². The van der Waals surface area contributed by atoms with Crippen molar-refractivity contribution in [1.29, 1.82) is 0 Å². The first kappa shape index (κ1) is 14.3. The number of pyridine rings is 1. The van der Waals surface area contributed by atoms with Gasteiger partial charge >= 0.3 is 0 Å². The molecule has 2 heterocycles. The van der Waals surface area contributed by atoms with E-state index in [9.17, 15) is 0 Å². The largest absolute Gasteiger partial charge is 0.372 e. The van der Waals surface area contributed by atoms with Crippen molar-refractivity contribution in [3.05, 3.63) is 16.1 Å². The van der Waals surface area contributed by atoms with Crippen molar-refractivity contribution < 1.29 is 0 Å². The predicted molar refractivity (Wildman–Crippen MR) is 86.2 cm³/mol. The highest BCUT2D eigenvalue weighted by atomic mass is 35.5. The molecular formula is C15H21Cl2N3. The van der Waals surface area contributed by atoms with Crippen molar-refractivity contribution in [2.75, 3.05) is 30.4 Å². The molecule has 1 aliphatic heterocycles. The quantitative estimate of drug-likeness (QED) is 0.865. The zero-order valence-electron chi connectivity index (χ0n) is 11.9. The van der Waals surface area contributed by atoms with Gasteiger partial charge in [0.15, 0.2) is 0 Å². The second kappa shape index (κ2) is 5.61. The fraction of sp³-hybridized carbons (Fsp3) is 0.667. The van der Waals surface area contributed by atoms with E-state index in [-0.39, 0.29) is 0 Å². The van der Waals surface area contributed by atoms with Gasteiger partial charge in [0, 0.05) is 20.1 Å². The topological polar surface area (TPSA) is 28.2 Å². The van der Waals surface area contributed by atoms with Crippen LogP contribution >= 0.6 is 23.2 Å². The van der Waals surface area contributed by atoms with Gasteiger partial charge in [0.05, 0.1) is 10.0 Å². The molecule has 1 spiro atoms. The molecule has 0 unspecified atom stereocenters. The van der Waals surface area contributed by atoms with Crippen molar-refractivity contribution in [2.24, 2.45) is 5.41 Å². The van der Waals surface area contributed by atoms with Crippen molar-refractivity contribution in [3.63, 3.8) is 0 Å². The minimum absolute atomic E-state index is 0.575. The smallest absolute Gasteiger partial charge is 0.149 e. The molecule has 1 aromatic rings. The van der Waals surface area contributed by atoms with Crippen molar-refractivity contribution in [1.82, 2.24) is 4.98 Å². The third-order valence-corrected chi connectivity index (χ3v) is 5.50. The molecule has 2 fully saturated rings. The van der Waals surface area contributed by atoms with Gasteiger partial charge in [-0.1, -0.05) is 36.0 Å². The van der Waals surface area contributed by atoms with Gasteiger partial charge in [-0.3, -0.25) is 0 Å². The van der Waals surface area contributed by atoms with Crippen LogP contribution < -0.4 is 10.2 Å². The lowest BCUT2D eigenvalue weighted by Gasteiger charge is -2.40. The zero-order chi connectivity index (χ0) is 14.2. The number of nitrogens with zero attached hydrogens (tertiary/aromatic N) is 2. The summed E-state index contributed by atoms with van der Waals surface area (Å²) in [4.78, 5) is 6.89. The van der Waals surface area contributed by atoms with Crippen LogP contribution in [0.1, 0.15) is 38.5 Å². The van der Waals surface area contributed by atoms with Gasteiger partial charge in [-0.15, -0.1) is 0 Å². The first-order valence-electron chi connectivity index (χ1n) is 7.42. The van der Waals surface area contributed by atoms with Crippen LogP contribution in [0.4, 0.5) is 11.6 Å². The molecule has 1 saturated heterocycles. The first-order valence-corrected chi connectivity index (χ1v) is 8.18. The highest BCUT2D eigenvalue weighted by molar-refractivity contribution is 6.37. The lowest BCUT2D eigenvalue weighted by Crippen LogP contribution is -2.39. The molecule has 5 heteroatoms. The third-order valence-electron chi connectivity index (χ3n) is 4.94. The summed E-state index contributed by atoms with van der Waals surface area (Å²) >= 11 is 12.4. The van der Waals surface area contributed by atoms with Gasteiger partial charge in [-0.05, 0) is 37.2 Å². The van der Waals surface area contributed by atoms with Crippen LogP contribution in [0.25, 0.3) is 0 Å². The van der Waals surface area contributed by atoms with E-state index >= 15 is 0 Å². The Hall–Kier alpha value is -0.670. The normalized spacial score (nSPS) is 21.4. The molecule has 20 heavy (non-hydrogen) atoms. The van der Waals surface area contributed by atoms with Gasteiger partial charge in [0.2, 0.25) is 0 Å². The second-order valence-electron chi connectivity index (χ2n) is 6.07. The third kappa shape index (κ3) is 2.58. The fourth-order valence-corrected chi connectivity index (χ4v) is 4.24. The van der Waals surface area contributed by atoms with Crippen molar-refractivity contribution in [2.45, 2.75) is 38.5 Å². The molecule has 0 radical (unpaired) electrons. The van der Waals surface area contributed by atoms with Crippen LogP contribution in [0.3, 0.4) is 0 Å². The van der Waals surface area contributed by atoms with Crippen LogP contribution in [-0.4, -0.2) is 25.1 Å². The molecule has 3 rings (SSSR count). The van der Waals surface area contributed by atoms with E-state index < -0.39 is 0 Å². The Kier molecular flexibility index (Phi) is 4.00. The molecule has 3 nitrogen and oxygen atoms in total.